The lowest BCUT2D eigenvalue weighted by molar-refractivity contribution is -0.342. The van der Waals surface area contributed by atoms with Gasteiger partial charge in [0, 0.05) is 17.7 Å². The van der Waals surface area contributed by atoms with Gasteiger partial charge in [0.05, 0.1) is 30.6 Å². The molecule has 284 valence electrons. The van der Waals surface area contributed by atoms with Crippen molar-refractivity contribution in [1.29, 1.82) is 0 Å². The van der Waals surface area contributed by atoms with Crippen molar-refractivity contribution in [2.75, 3.05) is 13.2 Å². The molecule has 0 aliphatic carbocycles. The minimum Gasteiger partial charge on any atom is -0.508 e. The average molecular weight is 739 g/mol. The SMILES string of the molecule is C[C@](O)(CC(=O)O)CC(=O)OC[C@H]1O[C@@H](O[C@@H]2[C@@H](O)[C@H](O)[C@@H](CO)O[C@H]2c2c(O)cc(O)c3c(=O)cc(-c4ccc(O)cc4)oc23)[C@H](O)[C@@H](O)[C@H]1O. The molecule has 0 saturated carbocycles. The van der Waals surface area contributed by atoms with Crippen LogP contribution in [0.4, 0.5) is 0 Å². The molecule has 2 saturated heterocycles. The number of hydrogen-bond donors (Lipinski definition) is 11. The average Bonchev–Trinajstić information content (AvgIpc) is 3.06. The molecular weight excluding hydrogens is 700 g/mol. The lowest BCUT2D eigenvalue weighted by Gasteiger charge is -2.46. The third-order valence-electron chi connectivity index (χ3n) is 8.73. The summed E-state index contributed by atoms with van der Waals surface area (Å²) in [5.41, 5.74) is -3.46. The van der Waals surface area contributed by atoms with Crippen LogP contribution in [0.5, 0.6) is 17.2 Å². The second-order valence-corrected chi connectivity index (χ2v) is 12.9. The molecule has 0 radical (unpaired) electrons. The lowest BCUT2D eigenvalue weighted by Crippen LogP contribution is -2.63. The Hall–Kier alpha value is -4.41. The van der Waals surface area contributed by atoms with Gasteiger partial charge in [-0.15, -0.1) is 0 Å². The Morgan fingerprint density at radius 2 is 1.50 bits per heavy atom. The molecule has 2 aliphatic heterocycles. The zero-order valence-corrected chi connectivity index (χ0v) is 27.3. The van der Waals surface area contributed by atoms with E-state index < -0.39 is 138 Å². The summed E-state index contributed by atoms with van der Waals surface area (Å²) in [5.74, 6) is -4.22. The van der Waals surface area contributed by atoms with Crippen molar-refractivity contribution in [2.45, 2.75) is 86.6 Å². The summed E-state index contributed by atoms with van der Waals surface area (Å²) in [6, 6.07) is 7.21. The number of carbonyl (C=O) groups excluding carboxylic acids is 1. The molecule has 2 fully saturated rings. The van der Waals surface area contributed by atoms with Crippen LogP contribution in [0.2, 0.25) is 0 Å². The van der Waals surface area contributed by atoms with Crippen molar-refractivity contribution < 1.29 is 89.1 Å². The van der Waals surface area contributed by atoms with Gasteiger partial charge in [0.15, 0.2) is 17.3 Å². The number of aliphatic hydroxyl groups is 7. The summed E-state index contributed by atoms with van der Waals surface area (Å²) < 4.78 is 28.2. The minimum absolute atomic E-state index is 0.102. The van der Waals surface area contributed by atoms with Crippen molar-refractivity contribution in [3.8, 4) is 28.6 Å². The smallest absolute Gasteiger partial charge is 0.308 e. The molecule has 11 N–H and O–H groups in total. The number of benzene rings is 2. The summed E-state index contributed by atoms with van der Waals surface area (Å²) in [6.45, 7) is -0.624. The molecule has 52 heavy (non-hydrogen) atoms. The Balaban J connectivity index is 1.50. The molecule has 1 aromatic heterocycles. The van der Waals surface area contributed by atoms with E-state index in [0.717, 1.165) is 19.1 Å². The Kier molecular flexibility index (Phi) is 11.4. The third kappa shape index (κ3) is 7.98. The first-order chi connectivity index (χ1) is 24.4. The highest BCUT2D eigenvalue weighted by Crippen LogP contribution is 2.45. The van der Waals surface area contributed by atoms with Crippen molar-refractivity contribution in [3.63, 3.8) is 0 Å². The summed E-state index contributed by atoms with van der Waals surface area (Å²) in [7, 11) is 0. The highest BCUT2D eigenvalue weighted by Gasteiger charge is 2.52. The maximum absolute atomic E-state index is 13.3. The Labute approximate surface area is 292 Å². The van der Waals surface area contributed by atoms with Gasteiger partial charge in [-0.05, 0) is 31.2 Å². The topological polar surface area (TPSA) is 324 Å². The van der Waals surface area contributed by atoms with Gasteiger partial charge in [0.2, 0.25) is 0 Å². The van der Waals surface area contributed by atoms with Crippen molar-refractivity contribution in [1.82, 2.24) is 0 Å². The van der Waals surface area contributed by atoms with Gasteiger partial charge in [0.25, 0.3) is 0 Å². The molecule has 5 rings (SSSR count). The van der Waals surface area contributed by atoms with E-state index >= 15 is 0 Å². The fourth-order valence-electron chi connectivity index (χ4n) is 6.09. The van der Waals surface area contributed by atoms with E-state index in [4.69, 9.17) is 28.5 Å². The van der Waals surface area contributed by atoms with E-state index in [2.05, 4.69) is 0 Å². The zero-order chi connectivity index (χ0) is 38.2. The summed E-state index contributed by atoms with van der Waals surface area (Å²) in [6.07, 6.45) is -20.4. The first kappa shape index (κ1) is 38.8. The molecule has 11 atom stereocenters. The van der Waals surface area contributed by atoms with Gasteiger partial charge in [-0.2, -0.15) is 0 Å². The molecule has 0 spiro atoms. The highest BCUT2D eigenvalue weighted by molar-refractivity contribution is 5.89. The van der Waals surface area contributed by atoms with Gasteiger partial charge in [0.1, 0.15) is 89.9 Å². The molecule has 0 unspecified atom stereocenters. The van der Waals surface area contributed by atoms with E-state index in [9.17, 15) is 65.4 Å². The number of rotatable bonds is 11. The van der Waals surface area contributed by atoms with Gasteiger partial charge in [-0.25, -0.2) is 0 Å². The zero-order valence-electron chi connectivity index (χ0n) is 27.3. The number of ether oxygens (including phenoxy) is 4. The normalized spacial score (nSPS) is 30.5. The number of phenols is 3. The molecule has 2 aromatic carbocycles. The van der Waals surface area contributed by atoms with Crippen LogP contribution in [-0.2, 0) is 28.5 Å². The van der Waals surface area contributed by atoms with Gasteiger partial charge in [-0.1, -0.05) is 0 Å². The molecule has 0 amide bonds. The quantitative estimate of drug-likeness (QED) is 0.0955. The van der Waals surface area contributed by atoms with Crippen LogP contribution in [0.1, 0.15) is 31.4 Å². The van der Waals surface area contributed by atoms with Crippen LogP contribution in [0.25, 0.3) is 22.3 Å². The monoisotopic (exact) mass is 738 g/mol. The van der Waals surface area contributed by atoms with Gasteiger partial charge in [-0.3, -0.25) is 14.4 Å². The van der Waals surface area contributed by atoms with Crippen LogP contribution in [-0.4, -0.2) is 142 Å². The summed E-state index contributed by atoms with van der Waals surface area (Å²) in [4.78, 5) is 36.6. The fraction of sp³-hybridized carbons (Fsp3) is 0.485. The maximum atomic E-state index is 13.3. The number of esters is 1. The number of hydrogen-bond acceptors (Lipinski definition) is 18. The number of aromatic hydroxyl groups is 3. The van der Waals surface area contributed by atoms with E-state index in [0.29, 0.717) is 0 Å². The van der Waals surface area contributed by atoms with Gasteiger partial charge < -0.3 is 79.5 Å². The first-order valence-electron chi connectivity index (χ1n) is 15.8. The number of aliphatic carboxylic acids is 1. The second-order valence-electron chi connectivity index (χ2n) is 12.9. The van der Waals surface area contributed by atoms with Crippen LogP contribution in [0.3, 0.4) is 0 Å². The molecular formula is C33H38O19. The molecule has 0 bridgehead atoms. The van der Waals surface area contributed by atoms with Gasteiger partial charge >= 0.3 is 11.9 Å². The summed E-state index contributed by atoms with van der Waals surface area (Å²) >= 11 is 0. The fourth-order valence-corrected chi connectivity index (χ4v) is 6.09. The Morgan fingerprint density at radius 3 is 2.13 bits per heavy atom. The molecule has 3 heterocycles. The van der Waals surface area contributed by atoms with Crippen molar-refractivity contribution in [2.24, 2.45) is 0 Å². The number of fused-ring (bicyclic) bond motifs is 1. The molecule has 19 nitrogen and oxygen atoms in total. The van der Waals surface area contributed by atoms with Crippen LogP contribution in [0.15, 0.2) is 45.6 Å². The van der Waals surface area contributed by atoms with E-state index in [1.165, 1.54) is 24.3 Å². The predicted molar refractivity (Wildman–Crippen MR) is 170 cm³/mol. The first-order valence-corrected chi connectivity index (χ1v) is 15.8. The van der Waals surface area contributed by atoms with Crippen molar-refractivity contribution >= 4 is 22.9 Å². The maximum Gasteiger partial charge on any atom is 0.308 e. The highest BCUT2D eigenvalue weighted by atomic mass is 16.7. The standard InChI is InChI=1S/C33H38O19/c1-33(47,8-20(39)40)9-21(41)48-11-19-25(43)26(44)28(46)32(51-19)52-31-27(45)24(42)18(10-34)50-30(31)23-15(37)6-14(36)22-16(38)7-17(49-29(22)23)12-2-4-13(35)5-3-12/h2-7,18-19,24-28,30-32,34-37,42-47H,8-11H2,1H3,(H,39,40)/t18-,19-,24-,25+,26+,27+,28-,30+,31-,32+,33+/m1/s1. The number of carboxylic acid groups (broad SMARTS) is 1. The van der Waals surface area contributed by atoms with Crippen LogP contribution >= 0.6 is 0 Å². The van der Waals surface area contributed by atoms with E-state index in [-0.39, 0.29) is 17.1 Å². The number of phenolic OH excluding ortho intramolecular Hbond substituents is 3. The minimum atomic E-state index is -2.08. The number of carboxylic acids is 1. The van der Waals surface area contributed by atoms with Crippen LogP contribution < -0.4 is 5.43 Å². The molecule has 3 aromatic rings. The number of aliphatic hydroxyl groups excluding tert-OH is 6. The lowest BCUT2D eigenvalue weighted by atomic mass is 9.89. The van der Waals surface area contributed by atoms with Crippen LogP contribution in [0, 0.1) is 0 Å². The summed E-state index contributed by atoms with van der Waals surface area (Å²) in [5, 5.41) is 114. The molecule has 2 aliphatic rings. The van der Waals surface area contributed by atoms with E-state index in [1.54, 1.807) is 0 Å². The Morgan fingerprint density at radius 1 is 0.846 bits per heavy atom. The largest absolute Gasteiger partial charge is 0.508 e. The van der Waals surface area contributed by atoms with E-state index in [1.807, 2.05) is 0 Å². The Bertz CT molecular complexity index is 1820. The second kappa shape index (κ2) is 15.3. The number of carbonyl (C=O) groups is 2. The predicted octanol–water partition coefficient (Wildman–Crippen LogP) is -1.92. The molecule has 19 heteroatoms. The third-order valence-corrected chi connectivity index (χ3v) is 8.73. The van der Waals surface area contributed by atoms with Crippen molar-refractivity contribution in [3.05, 3.63) is 52.2 Å².